The summed E-state index contributed by atoms with van der Waals surface area (Å²) in [5.74, 6) is 0. The van der Waals surface area contributed by atoms with Crippen molar-refractivity contribution in [1.29, 1.82) is 0 Å². The van der Waals surface area contributed by atoms with Gasteiger partial charge in [0.15, 0.2) is 0 Å². The van der Waals surface area contributed by atoms with Crippen LogP contribution in [-0.4, -0.2) is 4.92 Å². The standard InChI is InChI=1S/C18H17N2O2S/c1-3-19-16-6-4-5-7-17(16)23-18(19)12-13(2)14-8-10-15(11-9-14)20(21)22/h4-12H,3H2,1-2H3/q+1. The number of aromatic nitrogens is 1. The molecule has 0 aliphatic rings. The van der Waals surface area contributed by atoms with Crippen LogP contribution in [0.3, 0.4) is 0 Å². The summed E-state index contributed by atoms with van der Waals surface area (Å²) in [6.07, 6.45) is 2.15. The fourth-order valence-corrected chi connectivity index (χ4v) is 3.83. The molecule has 23 heavy (non-hydrogen) atoms. The molecule has 0 aliphatic carbocycles. The second kappa shape index (κ2) is 6.30. The van der Waals surface area contributed by atoms with E-state index in [0.717, 1.165) is 17.7 Å². The smallest absolute Gasteiger partial charge is 0.258 e. The molecule has 3 aromatic rings. The van der Waals surface area contributed by atoms with Crippen LogP contribution in [0.5, 0.6) is 0 Å². The molecule has 1 aromatic heterocycles. The molecule has 0 saturated heterocycles. The van der Waals surface area contributed by atoms with Crippen molar-refractivity contribution in [2.45, 2.75) is 20.4 Å². The summed E-state index contributed by atoms with van der Waals surface area (Å²) >= 11 is 1.76. The first-order valence-electron chi connectivity index (χ1n) is 7.44. The van der Waals surface area contributed by atoms with E-state index in [4.69, 9.17) is 0 Å². The van der Waals surface area contributed by atoms with Crippen molar-refractivity contribution in [3.05, 3.63) is 69.2 Å². The van der Waals surface area contributed by atoms with Gasteiger partial charge in [-0.05, 0) is 43.2 Å². The lowest BCUT2D eigenvalue weighted by molar-refractivity contribution is -0.665. The van der Waals surface area contributed by atoms with Crippen LogP contribution < -0.4 is 4.57 Å². The normalized spacial score (nSPS) is 11.8. The Morgan fingerprint density at radius 2 is 1.91 bits per heavy atom. The Morgan fingerprint density at radius 1 is 1.22 bits per heavy atom. The molecular formula is C18H17N2O2S+. The third-order valence-corrected chi connectivity index (χ3v) is 4.94. The number of thiazole rings is 1. The first-order chi connectivity index (χ1) is 11.1. The van der Waals surface area contributed by atoms with Gasteiger partial charge in [0.25, 0.3) is 10.7 Å². The number of allylic oxidation sites excluding steroid dienone is 1. The fourth-order valence-electron chi connectivity index (χ4n) is 2.60. The highest BCUT2D eigenvalue weighted by atomic mass is 32.1. The zero-order valence-electron chi connectivity index (χ0n) is 13.0. The van der Waals surface area contributed by atoms with E-state index in [1.165, 1.54) is 15.2 Å². The van der Waals surface area contributed by atoms with E-state index in [1.807, 2.05) is 6.92 Å². The SMILES string of the molecule is CC[n+]1c(C=C(C)c2ccc([N+](=O)[O-])cc2)sc2ccccc21. The predicted octanol–water partition coefficient (Wildman–Crippen LogP) is 4.68. The molecular weight excluding hydrogens is 308 g/mol. The minimum absolute atomic E-state index is 0.118. The summed E-state index contributed by atoms with van der Waals surface area (Å²) in [7, 11) is 0. The highest BCUT2D eigenvalue weighted by molar-refractivity contribution is 7.18. The van der Waals surface area contributed by atoms with Crippen LogP contribution in [0.4, 0.5) is 5.69 Å². The Labute approximate surface area is 138 Å². The molecule has 2 aromatic carbocycles. The van der Waals surface area contributed by atoms with Crippen molar-refractivity contribution in [1.82, 2.24) is 0 Å². The second-order valence-corrected chi connectivity index (χ2v) is 6.35. The summed E-state index contributed by atoms with van der Waals surface area (Å²) in [6, 6.07) is 15.1. The zero-order chi connectivity index (χ0) is 16.4. The molecule has 0 saturated carbocycles. The van der Waals surface area contributed by atoms with Crippen LogP contribution in [0, 0.1) is 10.1 Å². The number of non-ortho nitro benzene ring substituents is 1. The maximum atomic E-state index is 10.7. The topological polar surface area (TPSA) is 47.0 Å². The van der Waals surface area contributed by atoms with E-state index < -0.39 is 0 Å². The van der Waals surface area contributed by atoms with Gasteiger partial charge >= 0.3 is 0 Å². The number of para-hydroxylation sites is 1. The summed E-state index contributed by atoms with van der Waals surface area (Å²) in [5.41, 5.74) is 3.44. The molecule has 3 rings (SSSR count). The molecule has 0 fully saturated rings. The third-order valence-electron chi connectivity index (χ3n) is 3.83. The molecule has 0 atom stereocenters. The van der Waals surface area contributed by atoms with Crippen molar-refractivity contribution < 1.29 is 9.49 Å². The predicted molar refractivity (Wildman–Crippen MR) is 94.3 cm³/mol. The second-order valence-electron chi connectivity index (χ2n) is 5.28. The van der Waals surface area contributed by atoms with Gasteiger partial charge in [-0.1, -0.05) is 23.5 Å². The highest BCUT2D eigenvalue weighted by Crippen LogP contribution is 2.25. The number of fused-ring (bicyclic) bond motifs is 1. The van der Waals surface area contributed by atoms with Gasteiger partial charge in [0.2, 0.25) is 5.52 Å². The molecule has 1 heterocycles. The van der Waals surface area contributed by atoms with Gasteiger partial charge in [0.1, 0.15) is 11.2 Å². The summed E-state index contributed by atoms with van der Waals surface area (Å²) in [5, 5.41) is 11.9. The quantitative estimate of drug-likeness (QED) is 0.397. The first kappa shape index (κ1) is 15.4. The monoisotopic (exact) mass is 325 g/mol. The lowest BCUT2D eigenvalue weighted by atomic mass is 10.1. The van der Waals surface area contributed by atoms with Gasteiger partial charge in [-0.15, -0.1) is 0 Å². The van der Waals surface area contributed by atoms with E-state index >= 15 is 0 Å². The van der Waals surface area contributed by atoms with Crippen LogP contribution in [0.15, 0.2) is 48.5 Å². The molecule has 4 nitrogen and oxygen atoms in total. The maximum absolute atomic E-state index is 10.7. The number of nitro benzene ring substituents is 1. The summed E-state index contributed by atoms with van der Waals surface area (Å²) < 4.78 is 3.55. The molecule has 0 aliphatic heterocycles. The minimum atomic E-state index is -0.375. The molecule has 0 radical (unpaired) electrons. The van der Waals surface area contributed by atoms with Gasteiger partial charge in [0, 0.05) is 24.3 Å². The maximum Gasteiger partial charge on any atom is 0.269 e. The Balaban J connectivity index is 2.01. The largest absolute Gasteiger partial charge is 0.269 e. The number of hydrogen-bond acceptors (Lipinski definition) is 3. The lowest BCUT2D eigenvalue weighted by Crippen LogP contribution is -2.33. The Kier molecular flexibility index (Phi) is 4.21. The zero-order valence-corrected chi connectivity index (χ0v) is 13.8. The third kappa shape index (κ3) is 3.00. The van der Waals surface area contributed by atoms with E-state index in [2.05, 4.69) is 41.8 Å². The molecule has 0 spiro atoms. The Bertz CT molecular complexity index is 895. The summed E-state index contributed by atoms with van der Waals surface area (Å²) in [4.78, 5) is 10.4. The van der Waals surface area contributed by atoms with E-state index in [9.17, 15) is 10.1 Å². The van der Waals surface area contributed by atoms with Crippen LogP contribution in [-0.2, 0) is 6.54 Å². The lowest BCUT2D eigenvalue weighted by Gasteiger charge is -2.00. The number of rotatable bonds is 4. The Morgan fingerprint density at radius 3 is 2.57 bits per heavy atom. The molecule has 0 amide bonds. The fraction of sp³-hybridized carbons (Fsp3) is 0.167. The van der Waals surface area contributed by atoms with Crippen molar-refractivity contribution in [3.8, 4) is 0 Å². The van der Waals surface area contributed by atoms with Gasteiger partial charge in [-0.2, -0.15) is 4.57 Å². The first-order valence-corrected chi connectivity index (χ1v) is 8.26. The van der Waals surface area contributed by atoms with Crippen LogP contribution >= 0.6 is 11.3 Å². The van der Waals surface area contributed by atoms with E-state index in [-0.39, 0.29) is 10.6 Å². The number of hydrogen-bond donors (Lipinski definition) is 0. The minimum Gasteiger partial charge on any atom is -0.258 e. The van der Waals surface area contributed by atoms with Gasteiger partial charge in [-0.25, -0.2) is 0 Å². The van der Waals surface area contributed by atoms with Crippen LogP contribution in [0.1, 0.15) is 24.4 Å². The Hall–Kier alpha value is -2.53. The molecule has 0 N–H and O–H groups in total. The number of nitro groups is 1. The summed E-state index contributed by atoms with van der Waals surface area (Å²) in [6.45, 7) is 5.08. The molecule has 0 bridgehead atoms. The molecule has 0 unspecified atom stereocenters. The van der Waals surface area contributed by atoms with Crippen molar-refractivity contribution in [2.75, 3.05) is 0 Å². The van der Waals surface area contributed by atoms with Crippen molar-refractivity contribution in [3.63, 3.8) is 0 Å². The van der Waals surface area contributed by atoms with Crippen LogP contribution in [0.2, 0.25) is 0 Å². The number of nitrogens with zero attached hydrogens (tertiary/aromatic N) is 2. The van der Waals surface area contributed by atoms with Gasteiger partial charge < -0.3 is 0 Å². The highest BCUT2D eigenvalue weighted by Gasteiger charge is 2.17. The van der Waals surface area contributed by atoms with Gasteiger partial charge in [0.05, 0.1) is 4.92 Å². The number of aryl methyl sites for hydroxylation is 1. The average molecular weight is 325 g/mol. The van der Waals surface area contributed by atoms with Crippen LogP contribution in [0.25, 0.3) is 21.9 Å². The van der Waals surface area contributed by atoms with E-state index in [0.29, 0.717) is 0 Å². The van der Waals surface area contributed by atoms with E-state index in [1.54, 1.807) is 35.6 Å². The van der Waals surface area contributed by atoms with Crippen molar-refractivity contribution in [2.24, 2.45) is 0 Å². The van der Waals surface area contributed by atoms with Gasteiger partial charge in [-0.3, -0.25) is 10.1 Å². The number of benzene rings is 2. The molecule has 116 valence electrons. The van der Waals surface area contributed by atoms with Crippen molar-refractivity contribution >= 4 is 38.9 Å². The molecule has 5 heteroatoms. The average Bonchev–Trinajstić information content (AvgIpc) is 2.91.